The number of nitrogens with zero attached hydrogens (tertiary/aromatic N) is 4. The summed E-state index contributed by atoms with van der Waals surface area (Å²) in [5.74, 6) is 0.0836. The molecule has 2 fully saturated rings. The Morgan fingerprint density at radius 3 is 2.67 bits per heavy atom. The van der Waals surface area contributed by atoms with E-state index in [0.717, 1.165) is 51.0 Å². The van der Waals surface area contributed by atoms with Gasteiger partial charge in [-0.3, -0.25) is 14.6 Å². The Hall–Kier alpha value is -1.95. The van der Waals surface area contributed by atoms with Crippen molar-refractivity contribution in [3.63, 3.8) is 0 Å². The molecule has 1 atom stereocenters. The summed E-state index contributed by atoms with van der Waals surface area (Å²) in [6.07, 6.45) is 5.83. The van der Waals surface area contributed by atoms with E-state index in [0.29, 0.717) is 12.1 Å². The van der Waals surface area contributed by atoms with Crippen molar-refractivity contribution in [1.82, 2.24) is 19.7 Å². The molecule has 1 aromatic rings. The first-order valence-electron chi connectivity index (χ1n) is 8.83. The number of piperazine rings is 1. The molecule has 24 heavy (non-hydrogen) atoms. The number of aryl methyl sites for hydroxylation is 1. The van der Waals surface area contributed by atoms with E-state index >= 15 is 0 Å². The maximum absolute atomic E-state index is 13.0. The summed E-state index contributed by atoms with van der Waals surface area (Å²) in [5.41, 5.74) is 1.63. The smallest absolute Gasteiger partial charge is 0.254 e. The third-order valence-corrected chi connectivity index (χ3v) is 5.13. The fourth-order valence-corrected chi connectivity index (χ4v) is 3.58. The Bertz CT molecular complexity index is 611. The Labute approximate surface area is 143 Å². The molecule has 0 aliphatic carbocycles. The molecule has 6 nitrogen and oxygen atoms in total. The summed E-state index contributed by atoms with van der Waals surface area (Å²) in [6.45, 7) is 5.99. The van der Waals surface area contributed by atoms with Crippen molar-refractivity contribution in [2.24, 2.45) is 0 Å². The maximum atomic E-state index is 13.0. The molecular formula is C18H26N4O2. The first-order chi connectivity index (χ1) is 11.6. The highest BCUT2D eigenvalue weighted by Crippen LogP contribution is 2.23. The van der Waals surface area contributed by atoms with Crippen molar-refractivity contribution in [3.8, 4) is 0 Å². The lowest BCUT2D eigenvalue weighted by molar-refractivity contribution is -0.136. The number of carbonyl (C=O) groups is 2. The molecule has 3 heterocycles. The summed E-state index contributed by atoms with van der Waals surface area (Å²) in [4.78, 5) is 35.9. The number of likely N-dealkylation sites (tertiary alicyclic amines) is 1. The minimum Gasteiger partial charge on any atom is -0.338 e. The number of hydrogen-bond acceptors (Lipinski definition) is 4. The molecule has 2 aliphatic heterocycles. The molecule has 6 heteroatoms. The number of amides is 2. The molecular weight excluding hydrogens is 304 g/mol. The van der Waals surface area contributed by atoms with Gasteiger partial charge in [0.1, 0.15) is 6.04 Å². The Kier molecular flexibility index (Phi) is 5.14. The molecule has 0 spiro atoms. The normalized spacial score (nSPS) is 22.0. The third-order valence-electron chi connectivity index (χ3n) is 5.13. The van der Waals surface area contributed by atoms with Gasteiger partial charge in [-0.1, -0.05) is 6.92 Å². The van der Waals surface area contributed by atoms with Gasteiger partial charge in [-0.25, -0.2) is 0 Å². The Morgan fingerprint density at radius 2 is 1.96 bits per heavy atom. The quantitative estimate of drug-likeness (QED) is 0.830. The molecule has 0 aromatic carbocycles. The first kappa shape index (κ1) is 16.9. The number of carbonyl (C=O) groups excluding carboxylic acids is 2. The zero-order chi connectivity index (χ0) is 17.1. The van der Waals surface area contributed by atoms with E-state index in [1.807, 2.05) is 11.8 Å². The Morgan fingerprint density at radius 1 is 1.21 bits per heavy atom. The maximum Gasteiger partial charge on any atom is 0.254 e. The molecule has 2 aliphatic rings. The fraction of sp³-hybridized carbons (Fsp3) is 0.611. The molecule has 2 saturated heterocycles. The predicted octanol–water partition coefficient (Wildman–Crippen LogP) is 1.02. The van der Waals surface area contributed by atoms with Gasteiger partial charge in [0, 0.05) is 50.7 Å². The van der Waals surface area contributed by atoms with Crippen molar-refractivity contribution in [3.05, 3.63) is 29.6 Å². The molecule has 0 radical (unpaired) electrons. The van der Waals surface area contributed by atoms with Crippen LogP contribution in [0.4, 0.5) is 0 Å². The highest BCUT2D eigenvalue weighted by molar-refractivity contribution is 5.99. The second-order valence-corrected chi connectivity index (χ2v) is 6.67. The van der Waals surface area contributed by atoms with E-state index in [-0.39, 0.29) is 17.9 Å². The van der Waals surface area contributed by atoms with Gasteiger partial charge in [-0.05, 0) is 37.9 Å². The van der Waals surface area contributed by atoms with Crippen molar-refractivity contribution in [2.75, 3.05) is 39.8 Å². The van der Waals surface area contributed by atoms with Crippen LogP contribution in [0, 0.1) is 0 Å². The number of hydrogen-bond donors (Lipinski definition) is 0. The van der Waals surface area contributed by atoms with Crippen LogP contribution < -0.4 is 0 Å². The number of aromatic nitrogens is 1. The van der Waals surface area contributed by atoms with Gasteiger partial charge in [-0.15, -0.1) is 0 Å². The van der Waals surface area contributed by atoms with Crippen LogP contribution in [0.5, 0.6) is 0 Å². The zero-order valence-corrected chi connectivity index (χ0v) is 14.6. The van der Waals surface area contributed by atoms with Gasteiger partial charge >= 0.3 is 0 Å². The largest absolute Gasteiger partial charge is 0.338 e. The van der Waals surface area contributed by atoms with E-state index in [1.165, 1.54) is 0 Å². The zero-order valence-electron chi connectivity index (χ0n) is 14.6. The first-order valence-corrected chi connectivity index (χ1v) is 8.83. The molecule has 1 aromatic heterocycles. The van der Waals surface area contributed by atoms with Gasteiger partial charge in [0.2, 0.25) is 5.91 Å². The summed E-state index contributed by atoms with van der Waals surface area (Å²) < 4.78 is 0. The van der Waals surface area contributed by atoms with Crippen LogP contribution in [0.25, 0.3) is 0 Å². The van der Waals surface area contributed by atoms with Gasteiger partial charge in [-0.2, -0.15) is 0 Å². The van der Waals surface area contributed by atoms with Crippen molar-refractivity contribution in [1.29, 1.82) is 0 Å². The summed E-state index contributed by atoms with van der Waals surface area (Å²) >= 11 is 0. The Balaban J connectivity index is 1.75. The third kappa shape index (κ3) is 3.29. The van der Waals surface area contributed by atoms with Gasteiger partial charge < -0.3 is 14.7 Å². The van der Waals surface area contributed by atoms with Gasteiger partial charge in [0.15, 0.2) is 0 Å². The van der Waals surface area contributed by atoms with Crippen LogP contribution in [0.1, 0.15) is 35.7 Å². The second-order valence-electron chi connectivity index (χ2n) is 6.67. The van der Waals surface area contributed by atoms with Crippen LogP contribution in [-0.4, -0.2) is 77.3 Å². The molecule has 3 rings (SSSR count). The van der Waals surface area contributed by atoms with Crippen molar-refractivity contribution < 1.29 is 9.59 Å². The van der Waals surface area contributed by atoms with E-state index in [1.54, 1.807) is 23.4 Å². The standard InChI is InChI=1S/C18H26N4O2/c1-3-14-13-19-7-6-15(14)17(23)22-8-4-5-16(22)18(24)21-11-9-20(2)10-12-21/h6-7,13,16H,3-5,8-12H2,1-2H3/t16-/m0/s1. The average Bonchev–Trinajstić information content (AvgIpc) is 3.10. The van der Waals surface area contributed by atoms with Gasteiger partial charge in [0.25, 0.3) is 5.91 Å². The van der Waals surface area contributed by atoms with Crippen molar-refractivity contribution >= 4 is 11.8 Å². The van der Waals surface area contributed by atoms with E-state index in [4.69, 9.17) is 0 Å². The van der Waals surface area contributed by atoms with Gasteiger partial charge in [0.05, 0.1) is 0 Å². The molecule has 130 valence electrons. The predicted molar refractivity (Wildman–Crippen MR) is 91.8 cm³/mol. The van der Waals surface area contributed by atoms with Crippen LogP contribution in [-0.2, 0) is 11.2 Å². The number of rotatable bonds is 3. The summed E-state index contributed by atoms with van der Waals surface area (Å²) in [6, 6.07) is 1.47. The second kappa shape index (κ2) is 7.30. The number of likely N-dealkylation sites (N-methyl/N-ethyl adjacent to an activating group) is 1. The lowest BCUT2D eigenvalue weighted by Gasteiger charge is -2.36. The topological polar surface area (TPSA) is 56.8 Å². The molecule has 0 bridgehead atoms. The van der Waals surface area contributed by atoms with Crippen LogP contribution >= 0.6 is 0 Å². The lowest BCUT2D eigenvalue weighted by Crippen LogP contribution is -2.53. The highest BCUT2D eigenvalue weighted by Gasteiger charge is 2.37. The number of pyridine rings is 1. The van der Waals surface area contributed by atoms with Crippen LogP contribution in [0.2, 0.25) is 0 Å². The fourth-order valence-electron chi connectivity index (χ4n) is 3.58. The SMILES string of the molecule is CCc1cnccc1C(=O)N1CCC[C@H]1C(=O)N1CCN(C)CC1. The van der Waals surface area contributed by atoms with E-state index in [2.05, 4.69) is 16.9 Å². The molecule has 2 amide bonds. The van der Waals surface area contributed by atoms with E-state index < -0.39 is 0 Å². The minimum atomic E-state index is -0.307. The highest BCUT2D eigenvalue weighted by atomic mass is 16.2. The monoisotopic (exact) mass is 330 g/mol. The molecule has 0 N–H and O–H groups in total. The van der Waals surface area contributed by atoms with Crippen LogP contribution in [0.3, 0.4) is 0 Å². The lowest BCUT2D eigenvalue weighted by atomic mass is 10.1. The summed E-state index contributed by atoms with van der Waals surface area (Å²) in [5, 5.41) is 0. The average molecular weight is 330 g/mol. The molecule has 0 saturated carbocycles. The molecule has 0 unspecified atom stereocenters. The van der Waals surface area contributed by atoms with Crippen molar-refractivity contribution in [2.45, 2.75) is 32.2 Å². The van der Waals surface area contributed by atoms with Crippen LogP contribution in [0.15, 0.2) is 18.5 Å². The minimum absolute atomic E-state index is 0.0285. The summed E-state index contributed by atoms with van der Waals surface area (Å²) in [7, 11) is 2.07. The van der Waals surface area contributed by atoms with E-state index in [9.17, 15) is 9.59 Å².